The van der Waals surface area contributed by atoms with E-state index in [2.05, 4.69) is 39.8 Å². The van der Waals surface area contributed by atoms with Crippen molar-refractivity contribution in [3.05, 3.63) is 95.0 Å². The molecule has 0 aliphatic carbocycles. The highest BCUT2D eigenvalue weighted by Crippen LogP contribution is 2.25. The Bertz CT molecular complexity index is 1160. The van der Waals surface area contributed by atoms with Crippen LogP contribution in [0.2, 0.25) is 10.0 Å². The molecule has 4 nitrogen and oxygen atoms in total. The van der Waals surface area contributed by atoms with Crippen molar-refractivity contribution in [2.24, 2.45) is 0 Å². The summed E-state index contributed by atoms with van der Waals surface area (Å²) in [6.45, 7) is 0. The lowest BCUT2D eigenvalue weighted by atomic mass is 10.0. The van der Waals surface area contributed by atoms with E-state index in [4.69, 9.17) is 23.2 Å². The summed E-state index contributed by atoms with van der Waals surface area (Å²) < 4.78 is 0. The molecule has 0 fully saturated rings. The summed E-state index contributed by atoms with van der Waals surface area (Å²) >= 11 is 13.2. The maximum Gasteiger partial charge on any atom is 0.234 e. The first-order chi connectivity index (χ1) is 15.1. The lowest BCUT2D eigenvalue weighted by Crippen LogP contribution is -2.14. The number of thioether (sulfide) groups is 1. The molecule has 0 unspecified atom stereocenters. The molecule has 1 aromatic heterocycles. The normalized spacial score (nSPS) is 10.6. The Balaban J connectivity index is 1.35. The predicted octanol–water partition coefficient (Wildman–Crippen LogP) is 6.85. The molecular weight excluding hydrogens is 449 g/mol. The second kappa shape index (κ2) is 9.96. The minimum Gasteiger partial charge on any atom is -0.325 e. The fourth-order valence-electron chi connectivity index (χ4n) is 2.98. The van der Waals surface area contributed by atoms with Crippen molar-refractivity contribution in [2.75, 3.05) is 11.1 Å². The number of hydrogen-bond donors (Lipinski definition) is 1. The maximum absolute atomic E-state index is 12.2. The summed E-state index contributed by atoms with van der Waals surface area (Å²) in [4.78, 5) is 12.2. The monoisotopic (exact) mass is 465 g/mol. The number of anilines is 1. The summed E-state index contributed by atoms with van der Waals surface area (Å²) in [5, 5.41) is 12.9. The van der Waals surface area contributed by atoms with E-state index in [1.807, 2.05) is 42.5 Å². The minimum atomic E-state index is -0.175. The van der Waals surface area contributed by atoms with Crippen LogP contribution in [0.4, 0.5) is 5.69 Å². The number of carbonyl (C=O) groups is 1. The van der Waals surface area contributed by atoms with Gasteiger partial charge in [-0.2, -0.15) is 0 Å². The highest BCUT2D eigenvalue weighted by atomic mass is 35.5. The number of amides is 1. The zero-order valence-corrected chi connectivity index (χ0v) is 18.6. The second-order valence-corrected chi connectivity index (χ2v) is 8.56. The first-order valence-electron chi connectivity index (χ1n) is 9.45. The third kappa shape index (κ3) is 5.85. The Kier molecular flexibility index (Phi) is 6.87. The van der Waals surface area contributed by atoms with Crippen LogP contribution < -0.4 is 5.32 Å². The molecule has 0 spiro atoms. The molecule has 4 rings (SSSR count). The van der Waals surface area contributed by atoms with Crippen LogP contribution in [0, 0.1) is 0 Å². The number of nitrogens with zero attached hydrogens (tertiary/aromatic N) is 2. The van der Waals surface area contributed by atoms with E-state index in [0.717, 1.165) is 16.8 Å². The topological polar surface area (TPSA) is 54.9 Å². The van der Waals surface area contributed by atoms with Gasteiger partial charge in [-0.05, 0) is 41.5 Å². The van der Waals surface area contributed by atoms with E-state index in [1.54, 1.807) is 18.2 Å². The van der Waals surface area contributed by atoms with Crippen LogP contribution in [-0.4, -0.2) is 21.9 Å². The molecule has 1 amide bonds. The van der Waals surface area contributed by atoms with Crippen LogP contribution in [-0.2, 0) is 4.79 Å². The van der Waals surface area contributed by atoms with Gasteiger partial charge in [0.15, 0.2) is 0 Å². The first kappa shape index (κ1) is 21.4. The zero-order valence-electron chi connectivity index (χ0n) is 16.3. The molecular formula is C24H17Cl2N3OS. The van der Waals surface area contributed by atoms with E-state index < -0.39 is 0 Å². The van der Waals surface area contributed by atoms with Crippen molar-refractivity contribution in [1.29, 1.82) is 0 Å². The van der Waals surface area contributed by atoms with E-state index >= 15 is 0 Å². The average molecular weight is 466 g/mol. The average Bonchev–Trinajstić information content (AvgIpc) is 2.78. The molecule has 1 N–H and O–H groups in total. The third-order valence-corrected chi connectivity index (χ3v) is 5.78. The van der Waals surface area contributed by atoms with E-state index in [1.165, 1.54) is 17.3 Å². The summed E-state index contributed by atoms with van der Waals surface area (Å²) in [6, 6.07) is 27.1. The molecule has 0 saturated heterocycles. The van der Waals surface area contributed by atoms with Crippen LogP contribution in [0.25, 0.3) is 22.4 Å². The highest BCUT2D eigenvalue weighted by molar-refractivity contribution is 7.99. The lowest BCUT2D eigenvalue weighted by Gasteiger charge is -2.07. The first-order valence-corrected chi connectivity index (χ1v) is 11.2. The van der Waals surface area contributed by atoms with E-state index in [9.17, 15) is 4.79 Å². The summed E-state index contributed by atoms with van der Waals surface area (Å²) in [6.07, 6.45) is 0. The van der Waals surface area contributed by atoms with Crippen molar-refractivity contribution in [1.82, 2.24) is 10.2 Å². The molecule has 0 radical (unpaired) electrons. The molecule has 0 aliphatic rings. The van der Waals surface area contributed by atoms with Crippen LogP contribution in [0.1, 0.15) is 0 Å². The van der Waals surface area contributed by atoms with Crippen molar-refractivity contribution in [2.45, 2.75) is 5.03 Å². The quantitative estimate of drug-likeness (QED) is 0.316. The highest BCUT2D eigenvalue weighted by Gasteiger charge is 2.08. The summed E-state index contributed by atoms with van der Waals surface area (Å²) in [5.41, 5.74) is 4.64. The molecule has 154 valence electrons. The van der Waals surface area contributed by atoms with Crippen molar-refractivity contribution in [3.63, 3.8) is 0 Å². The SMILES string of the molecule is O=C(CSc1ccc(-c2ccc(-c3ccccc3)cc2)nn1)Nc1cc(Cl)cc(Cl)c1. The van der Waals surface area contributed by atoms with Gasteiger partial charge < -0.3 is 5.32 Å². The fourth-order valence-corrected chi connectivity index (χ4v) is 4.12. The standard InChI is InChI=1S/C24H17Cl2N3OS/c25-19-12-20(26)14-21(13-19)27-23(30)15-31-24-11-10-22(28-29-24)18-8-6-17(7-9-18)16-4-2-1-3-5-16/h1-14H,15H2,(H,27,30). The van der Waals surface area contributed by atoms with Gasteiger partial charge in [-0.1, -0.05) is 89.6 Å². The van der Waals surface area contributed by atoms with Crippen LogP contribution in [0.15, 0.2) is 90.0 Å². The van der Waals surface area contributed by atoms with Crippen LogP contribution in [0.5, 0.6) is 0 Å². The molecule has 0 aliphatic heterocycles. The number of rotatable bonds is 6. The molecule has 3 aromatic carbocycles. The third-order valence-electron chi connectivity index (χ3n) is 4.43. The Morgan fingerprint density at radius 2 is 1.42 bits per heavy atom. The summed E-state index contributed by atoms with van der Waals surface area (Å²) in [7, 11) is 0. The molecule has 4 aromatic rings. The van der Waals surface area contributed by atoms with Gasteiger partial charge in [-0.3, -0.25) is 4.79 Å². The summed E-state index contributed by atoms with van der Waals surface area (Å²) in [5.74, 6) is 0.0231. The van der Waals surface area contributed by atoms with Crippen LogP contribution >= 0.6 is 35.0 Å². The van der Waals surface area contributed by atoms with Gasteiger partial charge in [0.25, 0.3) is 0 Å². The largest absolute Gasteiger partial charge is 0.325 e. The minimum absolute atomic E-state index is 0.175. The van der Waals surface area contributed by atoms with Crippen molar-refractivity contribution in [3.8, 4) is 22.4 Å². The van der Waals surface area contributed by atoms with Gasteiger partial charge in [0.05, 0.1) is 11.4 Å². The Labute approximate surface area is 194 Å². The van der Waals surface area contributed by atoms with Gasteiger partial charge >= 0.3 is 0 Å². The van der Waals surface area contributed by atoms with Crippen molar-refractivity contribution < 1.29 is 4.79 Å². The maximum atomic E-state index is 12.2. The van der Waals surface area contributed by atoms with Crippen molar-refractivity contribution >= 4 is 46.6 Å². The smallest absolute Gasteiger partial charge is 0.234 e. The molecule has 0 atom stereocenters. The molecule has 1 heterocycles. The van der Waals surface area contributed by atoms with E-state index in [0.29, 0.717) is 20.8 Å². The number of nitrogens with one attached hydrogen (secondary N) is 1. The Hall–Kier alpha value is -2.86. The van der Waals surface area contributed by atoms with Gasteiger partial charge in [-0.25, -0.2) is 0 Å². The number of carbonyl (C=O) groups excluding carboxylic acids is 1. The molecule has 0 saturated carbocycles. The Morgan fingerprint density at radius 1 is 0.774 bits per heavy atom. The van der Waals surface area contributed by atoms with Gasteiger partial charge in [0.1, 0.15) is 5.03 Å². The van der Waals surface area contributed by atoms with Gasteiger partial charge in [0.2, 0.25) is 5.91 Å². The lowest BCUT2D eigenvalue weighted by molar-refractivity contribution is -0.113. The van der Waals surface area contributed by atoms with Crippen LogP contribution in [0.3, 0.4) is 0 Å². The zero-order chi connectivity index (χ0) is 21.6. The number of benzene rings is 3. The van der Waals surface area contributed by atoms with Gasteiger partial charge in [0, 0.05) is 21.3 Å². The Morgan fingerprint density at radius 3 is 2.06 bits per heavy atom. The number of aromatic nitrogens is 2. The number of halogens is 2. The van der Waals surface area contributed by atoms with E-state index in [-0.39, 0.29) is 11.7 Å². The molecule has 7 heteroatoms. The molecule has 31 heavy (non-hydrogen) atoms. The molecule has 0 bridgehead atoms. The predicted molar refractivity (Wildman–Crippen MR) is 129 cm³/mol. The fraction of sp³-hybridized carbons (Fsp3) is 0.0417. The second-order valence-electron chi connectivity index (χ2n) is 6.70. The number of hydrogen-bond acceptors (Lipinski definition) is 4. The van der Waals surface area contributed by atoms with Gasteiger partial charge in [-0.15, -0.1) is 10.2 Å².